The van der Waals surface area contributed by atoms with Crippen LogP contribution in [0.3, 0.4) is 0 Å². The molecule has 2 aromatic carbocycles. The Labute approximate surface area is 176 Å². The number of benzene rings is 2. The third kappa shape index (κ3) is 7.54. The van der Waals surface area contributed by atoms with Crippen LogP contribution in [0, 0.1) is 5.82 Å². The van der Waals surface area contributed by atoms with Gasteiger partial charge in [-0.1, -0.05) is 30.3 Å². The number of amides is 1. The second-order valence-electron chi connectivity index (χ2n) is 5.74. The number of rotatable bonds is 7. The Balaban J connectivity index is 0.00000364. The molecule has 0 saturated heterocycles. The van der Waals surface area contributed by atoms with Crippen molar-refractivity contribution in [3.05, 3.63) is 71.0 Å². The molecule has 0 aliphatic rings. The first-order chi connectivity index (χ1) is 12.6. The summed E-state index contributed by atoms with van der Waals surface area (Å²) in [6, 6.07) is 14.1. The van der Waals surface area contributed by atoms with Crippen LogP contribution in [-0.2, 0) is 13.0 Å². The normalized spacial score (nSPS) is 10.7. The quantitative estimate of drug-likeness (QED) is 0.322. The molecule has 1 amide bonds. The van der Waals surface area contributed by atoms with E-state index in [2.05, 4.69) is 20.9 Å². The van der Waals surface area contributed by atoms with Crippen molar-refractivity contribution in [3.63, 3.8) is 0 Å². The van der Waals surface area contributed by atoms with E-state index < -0.39 is 0 Å². The maximum atomic E-state index is 13.6. The molecule has 0 fully saturated rings. The van der Waals surface area contributed by atoms with E-state index >= 15 is 0 Å². The molecule has 146 valence electrons. The van der Waals surface area contributed by atoms with Gasteiger partial charge >= 0.3 is 0 Å². The van der Waals surface area contributed by atoms with Gasteiger partial charge in [-0.15, -0.1) is 24.0 Å². The van der Waals surface area contributed by atoms with E-state index in [-0.39, 0.29) is 35.7 Å². The van der Waals surface area contributed by atoms with Crippen LogP contribution in [0.5, 0.6) is 0 Å². The molecule has 0 spiro atoms. The summed E-state index contributed by atoms with van der Waals surface area (Å²) in [5.74, 6) is 0.384. The SMILES string of the molecule is CCNC(=NCc1ccc(C(=O)NC)cc1)NCCc1ccccc1F.I. The molecule has 0 aromatic heterocycles. The van der Waals surface area contributed by atoms with Crippen LogP contribution in [-0.4, -0.2) is 32.0 Å². The van der Waals surface area contributed by atoms with Gasteiger partial charge in [0.1, 0.15) is 5.82 Å². The van der Waals surface area contributed by atoms with Gasteiger partial charge in [-0.2, -0.15) is 0 Å². The topological polar surface area (TPSA) is 65.5 Å². The molecule has 0 atom stereocenters. The molecular formula is C20H26FIN4O. The van der Waals surface area contributed by atoms with Gasteiger partial charge in [0.2, 0.25) is 0 Å². The monoisotopic (exact) mass is 484 g/mol. The van der Waals surface area contributed by atoms with Crippen LogP contribution >= 0.6 is 24.0 Å². The van der Waals surface area contributed by atoms with Crippen molar-refractivity contribution in [1.82, 2.24) is 16.0 Å². The summed E-state index contributed by atoms with van der Waals surface area (Å²) in [7, 11) is 1.61. The number of nitrogens with zero attached hydrogens (tertiary/aromatic N) is 1. The molecule has 27 heavy (non-hydrogen) atoms. The highest BCUT2D eigenvalue weighted by Gasteiger charge is 2.04. The highest BCUT2D eigenvalue weighted by molar-refractivity contribution is 14.0. The molecule has 0 heterocycles. The third-order valence-electron chi connectivity index (χ3n) is 3.85. The van der Waals surface area contributed by atoms with Gasteiger partial charge < -0.3 is 16.0 Å². The van der Waals surface area contributed by atoms with E-state index in [1.807, 2.05) is 25.1 Å². The molecule has 0 radical (unpaired) electrons. The number of nitrogens with one attached hydrogen (secondary N) is 3. The highest BCUT2D eigenvalue weighted by atomic mass is 127. The molecule has 0 aliphatic heterocycles. The number of carbonyl (C=O) groups is 1. The Hall–Kier alpha value is -2.16. The van der Waals surface area contributed by atoms with Gasteiger partial charge in [0, 0.05) is 25.7 Å². The fourth-order valence-corrected chi connectivity index (χ4v) is 2.43. The second-order valence-corrected chi connectivity index (χ2v) is 5.74. The smallest absolute Gasteiger partial charge is 0.251 e. The number of hydrogen-bond donors (Lipinski definition) is 3. The van der Waals surface area contributed by atoms with Crippen molar-refractivity contribution >= 4 is 35.8 Å². The van der Waals surface area contributed by atoms with Crippen LogP contribution in [0.15, 0.2) is 53.5 Å². The molecule has 5 nitrogen and oxygen atoms in total. The summed E-state index contributed by atoms with van der Waals surface area (Å²) < 4.78 is 13.6. The lowest BCUT2D eigenvalue weighted by molar-refractivity contribution is 0.0963. The van der Waals surface area contributed by atoms with E-state index in [4.69, 9.17) is 0 Å². The molecule has 7 heteroatoms. The van der Waals surface area contributed by atoms with Gasteiger partial charge in [0.15, 0.2) is 5.96 Å². The largest absolute Gasteiger partial charge is 0.357 e. The van der Waals surface area contributed by atoms with Crippen LogP contribution in [0.25, 0.3) is 0 Å². The van der Waals surface area contributed by atoms with Crippen molar-refractivity contribution in [1.29, 1.82) is 0 Å². The number of guanidine groups is 1. The van der Waals surface area contributed by atoms with Crippen molar-refractivity contribution in [2.24, 2.45) is 4.99 Å². The lowest BCUT2D eigenvalue weighted by atomic mass is 10.1. The summed E-state index contributed by atoms with van der Waals surface area (Å²) >= 11 is 0. The van der Waals surface area contributed by atoms with Crippen molar-refractivity contribution < 1.29 is 9.18 Å². The zero-order chi connectivity index (χ0) is 18.8. The molecule has 2 rings (SSSR count). The second kappa shape index (κ2) is 12.3. The Morgan fingerprint density at radius 1 is 1.07 bits per heavy atom. The minimum atomic E-state index is -0.188. The maximum Gasteiger partial charge on any atom is 0.251 e. The summed E-state index contributed by atoms with van der Waals surface area (Å²) in [6.07, 6.45) is 0.581. The van der Waals surface area contributed by atoms with E-state index in [1.165, 1.54) is 6.07 Å². The first-order valence-corrected chi connectivity index (χ1v) is 8.70. The van der Waals surface area contributed by atoms with Gasteiger partial charge in [0.05, 0.1) is 6.54 Å². The molecular weight excluding hydrogens is 458 g/mol. The molecule has 0 aliphatic carbocycles. The average Bonchev–Trinajstić information content (AvgIpc) is 2.67. The van der Waals surface area contributed by atoms with E-state index in [0.29, 0.717) is 36.6 Å². The van der Waals surface area contributed by atoms with Crippen LogP contribution in [0.4, 0.5) is 4.39 Å². The minimum Gasteiger partial charge on any atom is -0.357 e. The van der Waals surface area contributed by atoms with Crippen molar-refractivity contribution in [3.8, 4) is 0 Å². The Kier molecular flexibility index (Phi) is 10.4. The summed E-state index contributed by atoms with van der Waals surface area (Å²) in [6.45, 7) is 3.80. The van der Waals surface area contributed by atoms with Crippen molar-refractivity contribution in [2.75, 3.05) is 20.1 Å². The summed E-state index contributed by atoms with van der Waals surface area (Å²) in [5, 5.41) is 8.98. The van der Waals surface area contributed by atoms with Crippen LogP contribution in [0.1, 0.15) is 28.4 Å². The predicted molar refractivity (Wildman–Crippen MR) is 118 cm³/mol. The van der Waals surface area contributed by atoms with E-state index in [0.717, 1.165) is 12.1 Å². The highest BCUT2D eigenvalue weighted by Crippen LogP contribution is 2.07. The third-order valence-corrected chi connectivity index (χ3v) is 3.85. The Bertz CT molecular complexity index is 750. The fourth-order valence-electron chi connectivity index (χ4n) is 2.43. The standard InChI is InChI=1S/C20H25FN4O.HI/c1-3-23-20(24-13-12-16-6-4-5-7-18(16)21)25-14-15-8-10-17(11-9-15)19(26)22-2;/h4-11H,3,12-14H2,1-2H3,(H,22,26)(H2,23,24,25);1H. The Morgan fingerprint density at radius 3 is 2.41 bits per heavy atom. The van der Waals surface area contributed by atoms with E-state index in [9.17, 15) is 9.18 Å². The number of carbonyl (C=O) groups excluding carboxylic acids is 1. The molecule has 3 N–H and O–H groups in total. The molecule has 0 unspecified atom stereocenters. The Morgan fingerprint density at radius 2 is 1.78 bits per heavy atom. The van der Waals surface area contributed by atoms with E-state index in [1.54, 1.807) is 31.3 Å². The lowest BCUT2D eigenvalue weighted by Crippen LogP contribution is -2.38. The predicted octanol–water partition coefficient (Wildman–Crippen LogP) is 3.10. The number of aliphatic imine (C=N–C) groups is 1. The molecule has 2 aromatic rings. The lowest BCUT2D eigenvalue weighted by Gasteiger charge is -2.11. The average molecular weight is 484 g/mol. The van der Waals surface area contributed by atoms with Crippen LogP contribution < -0.4 is 16.0 Å². The van der Waals surface area contributed by atoms with Gasteiger partial charge in [-0.25, -0.2) is 9.38 Å². The maximum absolute atomic E-state index is 13.6. The first kappa shape index (κ1) is 22.9. The van der Waals surface area contributed by atoms with Crippen molar-refractivity contribution in [2.45, 2.75) is 19.9 Å². The first-order valence-electron chi connectivity index (χ1n) is 8.70. The zero-order valence-corrected chi connectivity index (χ0v) is 17.9. The number of hydrogen-bond acceptors (Lipinski definition) is 2. The molecule has 0 saturated carbocycles. The van der Waals surface area contributed by atoms with Gasteiger partial charge in [-0.05, 0) is 42.7 Å². The number of halogens is 2. The summed E-state index contributed by atoms with van der Waals surface area (Å²) in [5.41, 5.74) is 2.31. The van der Waals surface area contributed by atoms with Crippen LogP contribution in [0.2, 0.25) is 0 Å². The fraction of sp³-hybridized carbons (Fsp3) is 0.300. The zero-order valence-electron chi connectivity index (χ0n) is 15.6. The van der Waals surface area contributed by atoms with Gasteiger partial charge in [-0.3, -0.25) is 4.79 Å². The molecule has 0 bridgehead atoms. The summed E-state index contributed by atoms with van der Waals surface area (Å²) in [4.78, 5) is 16.1. The van der Waals surface area contributed by atoms with Gasteiger partial charge in [0.25, 0.3) is 5.91 Å². The minimum absolute atomic E-state index is 0.